The van der Waals surface area contributed by atoms with Gasteiger partial charge >= 0.3 is 0 Å². The quantitative estimate of drug-likeness (QED) is 0.800. The van der Waals surface area contributed by atoms with Crippen molar-refractivity contribution in [2.75, 3.05) is 7.05 Å². The summed E-state index contributed by atoms with van der Waals surface area (Å²) in [6.07, 6.45) is 0. The van der Waals surface area contributed by atoms with E-state index in [0.29, 0.717) is 10.0 Å². The Morgan fingerprint density at radius 1 is 1.23 bits per heavy atom. The third-order valence-electron chi connectivity index (χ3n) is 1.38. The Bertz CT molecular complexity index is 249. The van der Waals surface area contributed by atoms with Crippen LogP contribution in [0.1, 0.15) is 19.4 Å². The van der Waals surface area contributed by atoms with Crippen molar-refractivity contribution in [3.05, 3.63) is 33.8 Å². The summed E-state index contributed by atoms with van der Waals surface area (Å²) in [6, 6.07) is 5.50. The number of nitrogens with one attached hydrogen (secondary N) is 1. The third kappa shape index (κ3) is 4.51. The second-order valence-electron chi connectivity index (χ2n) is 2.27. The number of rotatable bonds is 2. The van der Waals surface area contributed by atoms with Crippen molar-refractivity contribution in [1.82, 2.24) is 5.32 Å². The molecule has 13 heavy (non-hydrogen) atoms. The van der Waals surface area contributed by atoms with Gasteiger partial charge in [-0.15, -0.1) is 0 Å². The van der Waals surface area contributed by atoms with Crippen LogP contribution in [0.3, 0.4) is 0 Å². The smallest absolute Gasteiger partial charge is 0.0465 e. The molecule has 1 rings (SSSR count). The van der Waals surface area contributed by atoms with Crippen molar-refractivity contribution in [3.8, 4) is 0 Å². The molecule has 0 aromatic heterocycles. The minimum absolute atomic E-state index is 0.676. The molecule has 1 aromatic rings. The fraction of sp³-hybridized carbons (Fsp3) is 0.400. The molecule has 1 aromatic carbocycles. The van der Waals surface area contributed by atoms with E-state index in [1.807, 2.05) is 33.0 Å². The van der Waals surface area contributed by atoms with Crippen molar-refractivity contribution in [1.29, 1.82) is 0 Å². The van der Waals surface area contributed by atoms with Crippen LogP contribution < -0.4 is 5.32 Å². The molecule has 0 spiro atoms. The molecule has 0 bridgehead atoms. The van der Waals surface area contributed by atoms with E-state index in [0.717, 1.165) is 12.1 Å². The van der Waals surface area contributed by atoms with Crippen LogP contribution in [0.5, 0.6) is 0 Å². The fourth-order valence-electron chi connectivity index (χ4n) is 0.855. The second-order valence-corrected chi connectivity index (χ2v) is 3.11. The van der Waals surface area contributed by atoms with Gasteiger partial charge in [-0.3, -0.25) is 0 Å². The first-order chi connectivity index (χ1) is 6.24. The summed E-state index contributed by atoms with van der Waals surface area (Å²) in [5, 5.41) is 4.41. The Morgan fingerprint density at radius 2 is 1.85 bits per heavy atom. The van der Waals surface area contributed by atoms with Gasteiger partial charge in [0.2, 0.25) is 0 Å². The second kappa shape index (κ2) is 7.19. The van der Waals surface area contributed by atoms with E-state index >= 15 is 0 Å². The van der Waals surface area contributed by atoms with Gasteiger partial charge in [0.15, 0.2) is 0 Å². The zero-order valence-electron chi connectivity index (χ0n) is 8.20. The average Bonchev–Trinajstić information content (AvgIpc) is 2.14. The summed E-state index contributed by atoms with van der Waals surface area (Å²) >= 11 is 11.6. The van der Waals surface area contributed by atoms with E-state index < -0.39 is 0 Å². The molecule has 3 heteroatoms. The molecule has 0 fully saturated rings. The largest absolute Gasteiger partial charge is 0.316 e. The first-order valence-electron chi connectivity index (χ1n) is 4.32. The Kier molecular flexibility index (Phi) is 7.06. The summed E-state index contributed by atoms with van der Waals surface area (Å²) < 4.78 is 0. The van der Waals surface area contributed by atoms with E-state index in [9.17, 15) is 0 Å². The van der Waals surface area contributed by atoms with Crippen LogP contribution in [0, 0.1) is 0 Å². The van der Waals surface area contributed by atoms with E-state index in [1.165, 1.54) is 0 Å². The lowest BCUT2D eigenvalue weighted by atomic mass is 10.2. The molecule has 0 radical (unpaired) electrons. The highest BCUT2D eigenvalue weighted by atomic mass is 35.5. The molecule has 1 N–H and O–H groups in total. The number of hydrogen-bond donors (Lipinski definition) is 1. The van der Waals surface area contributed by atoms with Crippen LogP contribution in [0.15, 0.2) is 18.2 Å². The zero-order chi connectivity index (χ0) is 10.3. The molecule has 0 saturated heterocycles. The van der Waals surface area contributed by atoms with Gasteiger partial charge in [-0.2, -0.15) is 0 Å². The molecule has 0 heterocycles. The molecule has 74 valence electrons. The lowest BCUT2D eigenvalue weighted by Crippen LogP contribution is -2.05. The van der Waals surface area contributed by atoms with E-state index in [-0.39, 0.29) is 0 Å². The van der Waals surface area contributed by atoms with Gasteiger partial charge in [-0.1, -0.05) is 43.1 Å². The normalized spacial score (nSPS) is 9.00. The van der Waals surface area contributed by atoms with Gasteiger partial charge in [0.1, 0.15) is 0 Å². The van der Waals surface area contributed by atoms with Crippen molar-refractivity contribution in [3.63, 3.8) is 0 Å². The lowest BCUT2D eigenvalue weighted by Gasteiger charge is -2.02. The monoisotopic (exact) mass is 219 g/mol. The molecule has 0 atom stereocenters. The highest BCUT2D eigenvalue weighted by Gasteiger charge is 1.98. The molecule has 0 amide bonds. The molecule has 1 nitrogen and oxygen atoms in total. The Morgan fingerprint density at radius 3 is 2.31 bits per heavy atom. The standard InChI is InChI=1S/C8H9Cl2N.C2H6/c1-11-5-6-2-3-7(9)4-8(6)10;1-2/h2-4,11H,5H2,1H3;1-2H3. The minimum Gasteiger partial charge on any atom is -0.316 e. The van der Waals surface area contributed by atoms with Gasteiger partial charge in [-0.25, -0.2) is 0 Å². The molecule has 0 aliphatic carbocycles. The van der Waals surface area contributed by atoms with Crippen molar-refractivity contribution in [2.24, 2.45) is 0 Å². The first-order valence-corrected chi connectivity index (χ1v) is 5.08. The van der Waals surface area contributed by atoms with Gasteiger partial charge in [0.25, 0.3) is 0 Å². The molecule has 0 saturated carbocycles. The fourth-order valence-corrected chi connectivity index (χ4v) is 1.33. The zero-order valence-corrected chi connectivity index (χ0v) is 9.71. The molecule has 0 unspecified atom stereocenters. The topological polar surface area (TPSA) is 12.0 Å². The Hall–Kier alpha value is -0.240. The van der Waals surface area contributed by atoms with Gasteiger partial charge in [0, 0.05) is 16.6 Å². The first kappa shape index (κ1) is 12.8. The maximum absolute atomic E-state index is 5.88. The molecule has 0 aliphatic rings. The number of halogens is 2. The van der Waals surface area contributed by atoms with E-state index in [2.05, 4.69) is 5.32 Å². The van der Waals surface area contributed by atoms with Crippen molar-refractivity contribution in [2.45, 2.75) is 20.4 Å². The molecular formula is C10H15Cl2N. The highest BCUT2D eigenvalue weighted by molar-refractivity contribution is 6.35. The lowest BCUT2D eigenvalue weighted by molar-refractivity contribution is 0.818. The van der Waals surface area contributed by atoms with Gasteiger partial charge < -0.3 is 5.32 Å². The number of hydrogen-bond acceptors (Lipinski definition) is 1. The molecular weight excluding hydrogens is 205 g/mol. The summed E-state index contributed by atoms with van der Waals surface area (Å²) in [4.78, 5) is 0. The predicted octanol–water partition coefficient (Wildman–Crippen LogP) is 3.74. The van der Waals surface area contributed by atoms with Crippen LogP contribution in [-0.2, 0) is 6.54 Å². The summed E-state index contributed by atoms with van der Waals surface area (Å²) in [7, 11) is 1.88. The summed E-state index contributed by atoms with van der Waals surface area (Å²) in [5.41, 5.74) is 1.07. The minimum atomic E-state index is 0.676. The Labute approximate surface area is 90.1 Å². The third-order valence-corrected chi connectivity index (χ3v) is 1.97. The average molecular weight is 220 g/mol. The van der Waals surface area contributed by atoms with Crippen LogP contribution >= 0.6 is 23.2 Å². The van der Waals surface area contributed by atoms with Gasteiger partial charge in [-0.05, 0) is 24.7 Å². The van der Waals surface area contributed by atoms with Crippen LogP contribution in [0.4, 0.5) is 0 Å². The number of benzene rings is 1. The predicted molar refractivity (Wildman–Crippen MR) is 60.6 cm³/mol. The van der Waals surface area contributed by atoms with E-state index in [1.54, 1.807) is 6.07 Å². The maximum Gasteiger partial charge on any atom is 0.0465 e. The Balaban J connectivity index is 0.000000671. The van der Waals surface area contributed by atoms with Crippen molar-refractivity contribution >= 4 is 23.2 Å². The van der Waals surface area contributed by atoms with Crippen LogP contribution in [-0.4, -0.2) is 7.05 Å². The molecule has 0 aliphatic heterocycles. The van der Waals surface area contributed by atoms with E-state index in [4.69, 9.17) is 23.2 Å². The summed E-state index contributed by atoms with van der Waals surface area (Å²) in [5.74, 6) is 0. The van der Waals surface area contributed by atoms with Gasteiger partial charge in [0.05, 0.1) is 0 Å². The van der Waals surface area contributed by atoms with Crippen LogP contribution in [0.25, 0.3) is 0 Å². The summed E-state index contributed by atoms with van der Waals surface area (Å²) in [6.45, 7) is 4.77. The van der Waals surface area contributed by atoms with Crippen molar-refractivity contribution < 1.29 is 0 Å². The maximum atomic E-state index is 5.88. The van der Waals surface area contributed by atoms with Crippen LogP contribution in [0.2, 0.25) is 10.0 Å². The SMILES string of the molecule is CC.CNCc1ccc(Cl)cc1Cl. The highest BCUT2D eigenvalue weighted by Crippen LogP contribution is 2.20.